The standard InChI is InChI=1S/C14H14ClN5O2/c1-7-2-10-11(22-6-21-10)3-8(7)5-18-13-9(4-16)12(15)19-14(17)20-13/h2-4,16H,5-6H2,1H3,(H3,17,18,19,20). The van der Waals surface area contributed by atoms with Crippen LogP contribution in [0.5, 0.6) is 11.5 Å². The summed E-state index contributed by atoms with van der Waals surface area (Å²) in [4.78, 5) is 7.92. The molecule has 2 heterocycles. The van der Waals surface area contributed by atoms with Crippen molar-refractivity contribution in [1.82, 2.24) is 9.97 Å². The summed E-state index contributed by atoms with van der Waals surface area (Å²) >= 11 is 5.97. The topological polar surface area (TPSA) is 106 Å². The lowest BCUT2D eigenvalue weighted by Gasteiger charge is -2.12. The van der Waals surface area contributed by atoms with Crippen LogP contribution >= 0.6 is 11.6 Å². The molecule has 1 aromatic heterocycles. The van der Waals surface area contributed by atoms with Gasteiger partial charge in [0.1, 0.15) is 11.0 Å². The average Bonchev–Trinajstić information content (AvgIpc) is 2.91. The van der Waals surface area contributed by atoms with Crippen molar-refractivity contribution in [3.05, 3.63) is 34.0 Å². The van der Waals surface area contributed by atoms with Crippen molar-refractivity contribution in [2.24, 2.45) is 0 Å². The van der Waals surface area contributed by atoms with Crippen LogP contribution in [-0.2, 0) is 6.54 Å². The van der Waals surface area contributed by atoms with E-state index in [0.717, 1.165) is 28.8 Å². The SMILES string of the molecule is Cc1cc2c(cc1CNc1nc(N)nc(Cl)c1C=N)OCO2. The lowest BCUT2D eigenvalue weighted by molar-refractivity contribution is 0.174. The Labute approximate surface area is 131 Å². The predicted molar refractivity (Wildman–Crippen MR) is 84.0 cm³/mol. The van der Waals surface area contributed by atoms with Crippen LogP contribution in [0.3, 0.4) is 0 Å². The highest BCUT2D eigenvalue weighted by Crippen LogP contribution is 2.34. The van der Waals surface area contributed by atoms with Crippen LogP contribution in [0.1, 0.15) is 16.7 Å². The van der Waals surface area contributed by atoms with Crippen LogP contribution in [0, 0.1) is 12.3 Å². The van der Waals surface area contributed by atoms with Gasteiger partial charge in [0.05, 0.1) is 5.56 Å². The van der Waals surface area contributed by atoms with Gasteiger partial charge < -0.3 is 25.9 Å². The molecule has 0 atom stereocenters. The molecule has 1 aliphatic heterocycles. The van der Waals surface area contributed by atoms with Crippen LogP contribution in [0.4, 0.5) is 11.8 Å². The van der Waals surface area contributed by atoms with E-state index in [0.29, 0.717) is 17.9 Å². The van der Waals surface area contributed by atoms with Crippen molar-refractivity contribution in [3.8, 4) is 11.5 Å². The van der Waals surface area contributed by atoms with Gasteiger partial charge in [0.2, 0.25) is 12.7 Å². The number of nitrogens with zero attached hydrogens (tertiary/aromatic N) is 2. The maximum absolute atomic E-state index is 7.41. The van der Waals surface area contributed by atoms with Gasteiger partial charge in [0.25, 0.3) is 0 Å². The smallest absolute Gasteiger partial charge is 0.231 e. The molecule has 22 heavy (non-hydrogen) atoms. The highest BCUT2D eigenvalue weighted by atomic mass is 35.5. The molecule has 2 aromatic rings. The van der Waals surface area contributed by atoms with Crippen molar-refractivity contribution in [1.29, 1.82) is 5.41 Å². The molecule has 1 aromatic carbocycles. The van der Waals surface area contributed by atoms with E-state index < -0.39 is 0 Å². The largest absolute Gasteiger partial charge is 0.454 e. The number of aromatic nitrogens is 2. The third kappa shape index (κ3) is 2.62. The molecule has 0 spiro atoms. The fourth-order valence-electron chi connectivity index (χ4n) is 2.18. The normalized spacial score (nSPS) is 12.3. The minimum atomic E-state index is 0.0560. The molecule has 0 saturated heterocycles. The van der Waals surface area contributed by atoms with E-state index in [1.54, 1.807) is 0 Å². The molecule has 0 saturated carbocycles. The Morgan fingerprint density at radius 2 is 2.09 bits per heavy atom. The molecule has 1 aliphatic rings. The monoisotopic (exact) mass is 319 g/mol. The second-order valence-electron chi connectivity index (χ2n) is 4.76. The first-order valence-corrected chi connectivity index (χ1v) is 6.92. The fourth-order valence-corrected chi connectivity index (χ4v) is 2.41. The van der Waals surface area contributed by atoms with Gasteiger partial charge in [0.15, 0.2) is 11.5 Å². The van der Waals surface area contributed by atoms with Gasteiger partial charge in [-0.25, -0.2) is 4.98 Å². The maximum Gasteiger partial charge on any atom is 0.231 e. The van der Waals surface area contributed by atoms with Crippen LogP contribution in [0.15, 0.2) is 12.1 Å². The number of rotatable bonds is 4. The van der Waals surface area contributed by atoms with E-state index in [1.807, 2.05) is 19.1 Å². The van der Waals surface area contributed by atoms with Gasteiger partial charge in [-0.05, 0) is 30.2 Å². The Hall–Kier alpha value is -2.54. The highest BCUT2D eigenvalue weighted by molar-refractivity contribution is 6.32. The molecule has 114 valence electrons. The van der Waals surface area contributed by atoms with Crippen molar-refractivity contribution in [2.45, 2.75) is 13.5 Å². The minimum Gasteiger partial charge on any atom is -0.454 e. The Morgan fingerprint density at radius 3 is 2.82 bits per heavy atom. The van der Waals surface area contributed by atoms with E-state index in [4.69, 9.17) is 32.2 Å². The second kappa shape index (κ2) is 5.69. The number of hydrogen-bond acceptors (Lipinski definition) is 7. The first-order valence-electron chi connectivity index (χ1n) is 6.55. The molecule has 8 heteroatoms. The highest BCUT2D eigenvalue weighted by Gasteiger charge is 2.16. The number of anilines is 2. The molecule has 0 radical (unpaired) electrons. The number of nitrogen functional groups attached to an aromatic ring is 1. The van der Waals surface area contributed by atoms with Crippen LogP contribution in [0.25, 0.3) is 0 Å². The van der Waals surface area contributed by atoms with Gasteiger partial charge in [-0.3, -0.25) is 0 Å². The van der Waals surface area contributed by atoms with Crippen molar-refractivity contribution in [2.75, 3.05) is 17.8 Å². The predicted octanol–water partition coefficient (Wildman–Crippen LogP) is 2.36. The minimum absolute atomic E-state index is 0.0560. The number of fused-ring (bicyclic) bond motifs is 1. The van der Waals surface area contributed by atoms with Gasteiger partial charge in [0, 0.05) is 12.8 Å². The molecule has 0 fully saturated rings. The molecule has 4 N–H and O–H groups in total. The number of nitrogens with one attached hydrogen (secondary N) is 2. The van der Waals surface area contributed by atoms with Gasteiger partial charge in [-0.1, -0.05) is 11.6 Å². The van der Waals surface area contributed by atoms with Gasteiger partial charge in [-0.2, -0.15) is 4.98 Å². The van der Waals surface area contributed by atoms with E-state index in [-0.39, 0.29) is 17.9 Å². The van der Waals surface area contributed by atoms with E-state index in [1.165, 1.54) is 0 Å². The Bertz CT molecular complexity index is 750. The van der Waals surface area contributed by atoms with Crippen LogP contribution < -0.4 is 20.5 Å². The lowest BCUT2D eigenvalue weighted by atomic mass is 10.1. The third-order valence-corrected chi connectivity index (χ3v) is 3.63. The van der Waals surface area contributed by atoms with Gasteiger partial charge in [-0.15, -0.1) is 0 Å². The van der Waals surface area contributed by atoms with Crippen molar-refractivity contribution in [3.63, 3.8) is 0 Å². The number of benzene rings is 1. The molecule has 0 unspecified atom stereocenters. The number of hydrogen-bond donors (Lipinski definition) is 3. The molecular weight excluding hydrogens is 306 g/mol. The lowest BCUT2D eigenvalue weighted by Crippen LogP contribution is -2.09. The van der Waals surface area contributed by atoms with Crippen LogP contribution in [0.2, 0.25) is 5.15 Å². The zero-order valence-electron chi connectivity index (χ0n) is 11.8. The molecule has 0 aliphatic carbocycles. The summed E-state index contributed by atoms with van der Waals surface area (Å²) in [5.41, 5.74) is 8.07. The Morgan fingerprint density at radius 1 is 1.36 bits per heavy atom. The molecule has 0 bridgehead atoms. The summed E-state index contributed by atoms with van der Waals surface area (Å²) in [6.07, 6.45) is 1.09. The number of ether oxygens (including phenoxy) is 2. The quantitative estimate of drug-likeness (QED) is 0.590. The Balaban J connectivity index is 1.86. The summed E-state index contributed by atoms with van der Waals surface area (Å²) in [6.45, 7) is 2.70. The summed E-state index contributed by atoms with van der Waals surface area (Å²) in [5, 5.41) is 10.7. The fraction of sp³-hybridized carbons (Fsp3) is 0.214. The number of aryl methyl sites for hydroxylation is 1. The second-order valence-corrected chi connectivity index (χ2v) is 5.12. The summed E-state index contributed by atoms with van der Waals surface area (Å²) in [5.74, 6) is 1.94. The molecule has 7 nitrogen and oxygen atoms in total. The zero-order chi connectivity index (χ0) is 15.7. The summed E-state index contributed by atoms with van der Waals surface area (Å²) < 4.78 is 10.7. The molecular formula is C14H14ClN5O2. The first-order chi connectivity index (χ1) is 10.6. The molecule has 0 amide bonds. The summed E-state index contributed by atoms with van der Waals surface area (Å²) in [6, 6.07) is 3.85. The average molecular weight is 320 g/mol. The van der Waals surface area contributed by atoms with Crippen LogP contribution in [-0.4, -0.2) is 23.0 Å². The number of halogens is 1. The van der Waals surface area contributed by atoms with E-state index >= 15 is 0 Å². The Kier molecular flexibility index (Phi) is 3.72. The van der Waals surface area contributed by atoms with Gasteiger partial charge >= 0.3 is 0 Å². The van der Waals surface area contributed by atoms with Crippen molar-refractivity contribution < 1.29 is 9.47 Å². The third-order valence-electron chi connectivity index (χ3n) is 3.34. The van der Waals surface area contributed by atoms with E-state index in [2.05, 4.69) is 15.3 Å². The summed E-state index contributed by atoms with van der Waals surface area (Å²) in [7, 11) is 0. The zero-order valence-corrected chi connectivity index (χ0v) is 12.6. The van der Waals surface area contributed by atoms with Crippen molar-refractivity contribution >= 4 is 29.6 Å². The maximum atomic E-state index is 7.41. The first kappa shape index (κ1) is 14.4. The number of nitrogens with two attached hydrogens (primary N) is 1. The molecule has 3 rings (SSSR count). The van der Waals surface area contributed by atoms with E-state index in [9.17, 15) is 0 Å².